The first kappa shape index (κ1) is 11.8. The summed E-state index contributed by atoms with van der Waals surface area (Å²) in [5.41, 5.74) is 2.39. The Kier molecular flexibility index (Phi) is 4.10. The number of benzene rings is 1. The normalized spacial score (nSPS) is 14.2. The van der Waals surface area contributed by atoms with Gasteiger partial charge < -0.3 is 4.90 Å². The Hall–Kier alpha value is -0.700. The third-order valence-electron chi connectivity index (χ3n) is 3.13. The number of halogens is 1. The van der Waals surface area contributed by atoms with Crippen molar-refractivity contribution in [3.8, 4) is 0 Å². The third kappa shape index (κ3) is 2.70. The van der Waals surface area contributed by atoms with Gasteiger partial charge in [0.1, 0.15) is 5.82 Å². The first-order valence-electron chi connectivity index (χ1n) is 5.95. The maximum Gasteiger partial charge on any atom is 0.125 e. The fourth-order valence-electron chi connectivity index (χ4n) is 2.24. The van der Waals surface area contributed by atoms with E-state index in [1.54, 1.807) is 12.1 Å². The van der Waals surface area contributed by atoms with E-state index >= 15 is 0 Å². The summed E-state index contributed by atoms with van der Waals surface area (Å²) in [6.07, 6.45) is 4.62. The molecule has 88 valence electrons. The van der Waals surface area contributed by atoms with Crippen LogP contribution in [0.3, 0.4) is 0 Å². The number of fused-ring (bicyclic) bond motifs is 1. The summed E-state index contributed by atoms with van der Waals surface area (Å²) in [5.74, 6) is 0.839. The first-order chi connectivity index (χ1) is 7.81. The minimum absolute atomic E-state index is 0.124. The van der Waals surface area contributed by atoms with Crippen LogP contribution in [-0.4, -0.2) is 18.8 Å². The Morgan fingerprint density at radius 1 is 1.25 bits per heavy atom. The van der Waals surface area contributed by atoms with Crippen LogP contribution in [-0.2, 0) is 6.42 Å². The number of rotatable bonds is 5. The van der Waals surface area contributed by atoms with E-state index in [1.807, 2.05) is 6.07 Å². The molecule has 1 aromatic carbocycles. The van der Waals surface area contributed by atoms with Crippen molar-refractivity contribution < 1.29 is 4.39 Å². The van der Waals surface area contributed by atoms with Crippen LogP contribution in [0.4, 0.5) is 10.1 Å². The van der Waals surface area contributed by atoms with E-state index in [2.05, 4.69) is 17.5 Å². The summed E-state index contributed by atoms with van der Waals surface area (Å²) in [6.45, 7) is 2.09. The van der Waals surface area contributed by atoms with Crippen LogP contribution in [0.25, 0.3) is 0 Å². The van der Waals surface area contributed by atoms with Gasteiger partial charge in [0.05, 0.1) is 0 Å². The number of anilines is 1. The van der Waals surface area contributed by atoms with E-state index < -0.39 is 0 Å². The summed E-state index contributed by atoms with van der Waals surface area (Å²) in [4.78, 5) is 2.30. The molecule has 1 aliphatic heterocycles. The Bertz CT molecular complexity index is 354. The van der Waals surface area contributed by atoms with E-state index in [9.17, 15) is 4.39 Å². The van der Waals surface area contributed by atoms with Gasteiger partial charge in [-0.15, -0.1) is 0 Å². The summed E-state index contributed by atoms with van der Waals surface area (Å²) in [7, 11) is 0. The number of nitrogens with zero attached hydrogens (tertiary/aromatic N) is 1. The molecule has 0 radical (unpaired) electrons. The van der Waals surface area contributed by atoms with Gasteiger partial charge in [-0.3, -0.25) is 0 Å². The second-order valence-electron chi connectivity index (χ2n) is 4.29. The number of hydrogen-bond donors (Lipinski definition) is 1. The predicted octanol–water partition coefficient (Wildman–Crippen LogP) is 3.29. The smallest absolute Gasteiger partial charge is 0.125 e. The van der Waals surface area contributed by atoms with Crippen molar-refractivity contribution in [1.82, 2.24) is 0 Å². The molecule has 0 aliphatic carbocycles. The van der Waals surface area contributed by atoms with Crippen molar-refractivity contribution >= 4 is 18.3 Å². The van der Waals surface area contributed by atoms with E-state index in [0.29, 0.717) is 0 Å². The highest BCUT2D eigenvalue weighted by molar-refractivity contribution is 7.80. The van der Waals surface area contributed by atoms with Crippen molar-refractivity contribution in [3.63, 3.8) is 0 Å². The molecule has 0 bridgehead atoms. The Balaban J connectivity index is 1.92. The van der Waals surface area contributed by atoms with Gasteiger partial charge in [0, 0.05) is 18.8 Å². The fraction of sp³-hybridized carbons (Fsp3) is 0.538. The molecule has 16 heavy (non-hydrogen) atoms. The van der Waals surface area contributed by atoms with Gasteiger partial charge in [0.2, 0.25) is 0 Å². The van der Waals surface area contributed by atoms with Gasteiger partial charge in [0.25, 0.3) is 0 Å². The molecule has 3 heteroatoms. The van der Waals surface area contributed by atoms with Gasteiger partial charge in [-0.2, -0.15) is 12.6 Å². The van der Waals surface area contributed by atoms with E-state index in [1.165, 1.54) is 24.8 Å². The number of thiol groups is 1. The Morgan fingerprint density at radius 3 is 2.94 bits per heavy atom. The maximum absolute atomic E-state index is 13.1. The molecule has 0 amide bonds. The molecule has 1 nitrogen and oxygen atoms in total. The second-order valence-corrected chi connectivity index (χ2v) is 4.74. The molecule has 0 atom stereocenters. The highest BCUT2D eigenvalue weighted by Crippen LogP contribution is 2.28. The van der Waals surface area contributed by atoms with Gasteiger partial charge in [0.15, 0.2) is 0 Å². The largest absolute Gasteiger partial charge is 0.371 e. The quantitative estimate of drug-likeness (QED) is 0.609. The lowest BCUT2D eigenvalue weighted by atomic mass is 10.1. The minimum atomic E-state index is -0.124. The standard InChI is InChI=1S/C13H18FNS/c14-12-5-4-11-6-8-15(13(11)10-12)7-2-1-3-9-16/h4-5,10,16H,1-3,6-9H2. The van der Waals surface area contributed by atoms with Crippen molar-refractivity contribution in [2.45, 2.75) is 25.7 Å². The predicted molar refractivity (Wildman–Crippen MR) is 70.0 cm³/mol. The highest BCUT2D eigenvalue weighted by atomic mass is 32.1. The average Bonchev–Trinajstić information content (AvgIpc) is 2.67. The molecule has 0 N–H and O–H groups in total. The van der Waals surface area contributed by atoms with Crippen molar-refractivity contribution in [2.75, 3.05) is 23.7 Å². The Morgan fingerprint density at radius 2 is 2.12 bits per heavy atom. The molecule has 2 rings (SSSR count). The van der Waals surface area contributed by atoms with E-state index in [-0.39, 0.29) is 5.82 Å². The van der Waals surface area contributed by atoms with E-state index in [0.717, 1.165) is 31.0 Å². The van der Waals surface area contributed by atoms with Crippen molar-refractivity contribution in [1.29, 1.82) is 0 Å². The zero-order chi connectivity index (χ0) is 11.4. The molecule has 0 saturated heterocycles. The highest BCUT2D eigenvalue weighted by Gasteiger charge is 2.18. The molecule has 0 saturated carbocycles. The van der Waals surface area contributed by atoms with Crippen LogP contribution in [0.5, 0.6) is 0 Å². The fourth-order valence-corrected chi connectivity index (χ4v) is 2.47. The topological polar surface area (TPSA) is 3.24 Å². The first-order valence-corrected chi connectivity index (χ1v) is 6.59. The van der Waals surface area contributed by atoms with Crippen molar-refractivity contribution in [2.24, 2.45) is 0 Å². The summed E-state index contributed by atoms with van der Waals surface area (Å²) >= 11 is 4.20. The minimum Gasteiger partial charge on any atom is -0.371 e. The monoisotopic (exact) mass is 239 g/mol. The number of unbranched alkanes of at least 4 members (excludes halogenated alkanes) is 2. The van der Waals surface area contributed by atoms with Gasteiger partial charge in [-0.1, -0.05) is 12.5 Å². The lowest BCUT2D eigenvalue weighted by Crippen LogP contribution is -2.21. The third-order valence-corrected chi connectivity index (χ3v) is 3.44. The molecular weight excluding hydrogens is 221 g/mol. The molecule has 0 fully saturated rings. The molecule has 0 spiro atoms. The van der Waals surface area contributed by atoms with Crippen LogP contribution < -0.4 is 4.90 Å². The van der Waals surface area contributed by atoms with Crippen LogP contribution in [0.1, 0.15) is 24.8 Å². The molecule has 0 aromatic heterocycles. The summed E-state index contributed by atoms with van der Waals surface area (Å²) in [5, 5.41) is 0. The van der Waals surface area contributed by atoms with E-state index in [4.69, 9.17) is 0 Å². The lowest BCUT2D eigenvalue weighted by Gasteiger charge is -2.19. The number of hydrogen-bond acceptors (Lipinski definition) is 2. The zero-order valence-electron chi connectivity index (χ0n) is 9.45. The van der Waals surface area contributed by atoms with Crippen molar-refractivity contribution in [3.05, 3.63) is 29.6 Å². The average molecular weight is 239 g/mol. The van der Waals surface area contributed by atoms with Gasteiger partial charge >= 0.3 is 0 Å². The molecular formula is C13H18FNS. The van der Waals surface area contributed by atoms with Crippen LogP contribution in [0.15, 0.2) is 18.2 Å². The zero-order valence-corrected chi connectivity index (χ0v) is 10.3. The molecule has 0 unspecified atom stereocenters. The molecule has 1 aliphatic rings. The Labute approximate surface area is 102 Å². The maximum atomic E-state index is 13.1. The SMILES string of the molecule is Fc1ccc2c(c1)N(CCCCCS)CC2. The van der Waals surface area contributed by atoms with Crippen LogP contribution in [0, 0.1) is 5.82 Å². The lowest BCUT2D eigenvalue weighted by molar-refractivity contribution is 0.626. The molecule has 1 heterocycles. The van der Waals surface area contributed by atoms with Crippen LogP contribution >= 0.6 is 12.6 Å². The van der Waals surface area contributed by atoms with Gasteiger partial charge in [-0.25, -0.2) is 4.39 Å². The second kappa shape index (κ2) is 5.58. The van der Waals surface area contributed by atoms with Gasteiger partial charge in [-0.05, 0) is 42.7 Å². The summed E-state index contributed by atoms with van der Waals surface area (Å²) < 4.78 is 13.1. The van der Waals surface area contributed by atoms with Crippen LogP contribution in [0.2, 0.25) is 0 Å². The molecule has 1 aromatic rings. The summed E-state index contributed by atoms with van der Waals surface area (Å²) in [6, 6.07) is 5.14.